The van der Waals surface area contributed by atoms with Gasteiger partial charge in [0.1, 0.15) is 5.82 Å². The third-order valence-electron chi connectivity index (χ3n) is 6.08. The van der Waals surface area contributed by atoms with E-state index in [2.05, 4.69) is 9.88 Å². The Kier molecular flexibility index (Phi) is 6.82. The SMILES string of the molecule is Cn1c(-c2ccc(F)cc2)cc2cc(CC(=O)c3cc(CNC(=O)C(C)(C)C)ccc3Cl)ccc21. The summed E-state index contributed by atoms with van der Waals surface area (Å²) in [6.07, 6.45) is 0.203. The topological polar surface area (TPSA) is 51.1 Å². The van der Waals surface area contributed by atoms with E-state index in [1.165, 1.54) is 12.1 Å². The van der Waals surface area contributed by atoms with E-state index in [0.29, 0.717) is 17.1 Å². The predicted molar refractivity (Wildman–Crippen MR) is 139 cm³/mol. The van der Waals surface area contributed by atoms with E-state index in [1.807, 2.05) is 58.2 Å². The molecule has 6 heteroatoms. The molecule has 0 unspecified atom stereocenters. The van der Waals surface area contributed by atoms with E-state index in [4.69, 9.17) is 11.6 Å². The van der Waals surface area contributed by atoms with Crippen LogP contribution in [0.1, 0.15) is 42.3 Å². The number of hydrogen-bond acceptors (Lipinski definition) is 2. The Morgan fingerprint density at radius 2 is 1.63 bits per heavy atom. The van der Waals surface area contributed by atoms with Gasteiger partial charge < -0.3 is 9.88 Å². The summed E-state index contributed by atoms with van der Waals surface area (Å²) in [6.45, 7) is 5.89. The molecule has 35 heavy (non-hydrogen) atoms. The van der Waals surface area contributed by atoms with Gasteiger partial charge in [-0.3, -0.25) is 9.59 Å². The number of benzene rings is 3. The van der Waals surface area contributed by atoms with Gasteiger partial charge in [0.05, 0.1) is 5.02 Å². The summed E-state index contributed by atoms with van der Waals surface area (Å²) in [7, 11) is 1.97. The van der Waals surface area contributed by atoms with E-state index in [9.17, 15) is 14.0 Å². The van der Waals surface area contributed by atoms with E-state index in [-0.39, 0.29) is 23.9 Å². The lowest BCUT2D eigenvalue weighted by Gasteiger charge is -2.18. The number of halogens is 2. The molecule has 4 rings (SSSR count). The summed E-state index contributed by atoms with van der Waals surface area (Å²) in [5.74, 6) is -0.419. The minimum atomic E-state index is -0.488. The van der Waals surface area contributed by atoms with E-state index < -0.39 is 5.41 Å². The number of aryl methyl sites for hydroxylation is 1. The van der Waals surface area contributed by atoms with Crippen molar-refractivity contribution in [1.29, 1.82) is 0 Å². The lowest BCUT2D eigenvalue weighted by Crippen LogP contribution is -2.34. The van der Waals surface area contributed by atoms with Crippen molar-refractivity contribution < 1.29 is 14.0 Å². The highest BCUT2D eigenvalue weighted by atomic mass is 35.5. The summed E-state index contributed by atoms with van der Waals surface area (Å²) in [5.41, 5.74) is 4.56. The van der Waals surface area contributed by atoms with Crippen molar-refractivity contribution >= 4 is 34.2 Å². The van der Waals surface area contributed by atoms with Crippen LogP contribution in [0.2, 0.25) is 5.02 Å². The average Bonchev–Trinajstić information content (AvgIpc) is 3.13. The minimum absolute atomic E-state index is 0.0588. The van der Waals surface area contributed by atoms with Crippen LogP contribution < -0.4 is 5.32 Å². The zero-order valence-electron chi connectivity index (χ0n) is 20.3. The van der Waals surface area contributed by atoms with E-state index in [1.54, 1.807) is 24.3 Å². The molecule has 0 fully saturated rings. The van der Waals surface area contributed by atoms with Crippen molar-refractivity contribution in [2.75, 3.05) is 0 Å². The fourth-order valence-electron chi connectivity index (χ4n) is 4.03. The number of rotatable bonds is 6. The van der Waals surface area contributed by atoms with Gasteiger partial charge >= 0.3 is 0 Å². The standard InChI is InChI=1S/C29H28ClFN2O2/c1-29(2,3)28(35)32-17-19-5-11-24(30)23(14-19)27(34)15-18-6-12-25-21(13-18)16-26(33(25)4)20-7-9-22(31)10-8-20/h5-14,16H,15,17H2,1-4H3,(H,32,35). The number of Topliss-reactive ketones (excluding diaryl/α,β-unsaturated/α-hetero) is 1. The van der Waals surface area contributed by atoms with Crippen molar-refractivity contribution in [2.45, 2.75) is 33.7 Å². The first kappa shape index (κ1) is 24.7. The van der Waals surface area contributed by atoms with Gasteiger partial charge in [0.15, 0.2) is 5.78 Å². The number of nitrogens with zero attached hydrogens (tertiary/aromatic N) is 1. The van der Waals surface area contributed by atoms with Crippen LogP contribution >= 0.6 is 11.6 Å². The quantitative estimate of drug-likeness (QED) is 0.305. The second-order valence-corrected chi connectivity index (χ2v) is 10.2. The van der Waals surface area contributed by atoms with Crippen LogP contribution in [-0.2, 0) is 24.8 Å². The van der Waals surface area contributed by atoms with Gasteiger partial charge in [0.25, 0.3) is 0 Å². The number of fused-ring (bicyclic) bond motifs is 1. The molecule has 3 aromatic carbocycles. The molecular weight excluding hydrogens is 463 g/mol. The van der Waals surface area contributed by atoms with Gasteiger partial charge in [-0.05, 0) is 71.3 Å². The van der Waals surface area contributed by atoms with Gasteiger partial charge in [-0.25, -0.2) is 4.39 Å². The molecule has 1 N–H and O–H groups in total. The third-order valence-corrected chi connectivity index (χ3v) is 6.41. The molecule has 0 aliphatic heterocycles. The second kappa shape index (κ2) is 9.67. The molecule has 0 aliphatic rings. The molecule has 0 radical (unpaired) electrons. The molecule has 0 bridgehead atoms. The Bertz CT molecular complexity index is 1420. The second-order valence-electron chi connectivity index (χ2n) is 9.84. The molecule has 0 aliphatic carbocycles. The molecule has 1 aromatic heterocycles. The molecular formula is C29H28ClFN2O2. The normalized spacial score (nSPS) is 11.6. The van der Waals surface area contributed by atoms with Gasteiger partial charge in [-0.2, -0.15) is 0 Å². The number of aromatic nitrogens is 1. The summed E-state index contributed by atoms with van der Waals surface area (Å²) in [4.78, 5) is 25.3. The van der Waals surface area contributed by atoms with Crippen LogP contribution in [0, 0.1) is 11.2 Å². The maximum Gasteiger partial charge on any atom is 0.225 e. The summed E-state index contributed by atoms with van der Waals surface area (Å²) in [6, 6.07) is 19.6. The Hall–Kier alpha value is -3.44. The molecule has 1 amide bonds. The number of carbonyl (C=O) groups is 2. The smallest absolute Gasteiger partial charge is 0.225 e. The van der Waals surface area contributed by atoms with Crippen molar-refractivity contribution in [3.63, 3.8) is 0 Å². The number of amides is 1. The fraction of sp³-hybridized carbons (Fsp3) is 0.241. The highest BCUT2D eigenvalue weighted by Crippen LogP contribution is 2.29. The highest BCUT2D eigenvalue weighted by molar-refractivity contribution is 6.34. The van der Waals surface area contributed by atoms with Crippen molar-refractivity contribution in [3.8, 4) is 11.3 Å². The Balaban J connectivity index is 1.54. The zero-order chi connectivity index (χ0) is 25.3. The van der Waals surface area contributed by atoms with Gasteiger partial charge in [0.2, 0.25) is 5.91 Å². The number of carbonyl (C=O) groups excluding carboxylic acids is 2. The van der Waals surface area contributed by atoms with Gasteiger partial charge in [-0.1, -0.05) is 44.5 Å². The molecule has 0 spiro atoms. The monoisotopic (exact) mass is 490 g/mol. The largest absolute Gasteiger partial charge is 0.352 e. The number of hydrogen-bond donors (Lipinski definition) is 1. The van der Waals surface area contributed by atoms with Crippen molar-refractivity contribution in [3.05, 3.63) is 94.3 Å². The molecule has 1 heterocycles. The van der Waals surface area contributed by atoms with Crippen LogP contribution in [0.5, 0.6) is 0 Å². The first-order chi connectivity index (χ1) is 16.5. The fourth-order valence-corrected chi connectivity index (χ4v) is 4.25. The number of ketones is 1. The molecule has 0 saturated carbocycles. The number of nitrogens with one attached hydrogen (secondary N) is 1. The molecule has 0 atom stereocenters. The van der Waals surface area contributed by atoms with Gasteiger partial charge in [-0.15, -0.1) is 0 Å². The van der Waals surface area contributed by atoms with Crippen LogP contribution in [-0.4, -0.2) is 16.3 Å². The maximum absolute atomic E-state index is 13.3. The van der Waals surface area contributed by atoms with Crippen LogP contribution in [0.15, 0.2) is 66.7 Å². The molecule has 4 nitrogen and oxygen atoms in total. The predicted octanol–water partition coefficient (Wildman–Crippen LogP) is 6.73. The summed E-state index contributed by atoms with van der Waals surface area (Å²) >= 11 is 6.35. The van der Waals surface area contributed by atoms with Crippen LogP contribution in [0.25, 0.3) is 22.2 Å². The maximum atomic E-state index is 13.3. The minimum Gasteiger partial charge on any atom is -0.352 e. The Morgan fingerprint density at radius 1 is 0.943 bits per heavy atom. The first-order valence-electron chi connectivity index (χ1n) is 11.5. The summed E-state index contributed by atoms with van der Waals surface area (Å²) in [5, 5.41) is 4.29. The Labute approximate surface area is 209 Å². The van der Waals surface area contributed by atoms with Crippen LogP contribution in [0.3, 0.4) is 0 Å². The molecule has 0 saturated heterocycles. The highest BCUT2D eigenvalue weighted by Gasteiger charge is 2.21. The van der Waals surface area contributed by atoms with E-state index >= 15 is 0 Å². The van der Waals surface area contributed by atoms with Crippen molar-refractivity contribution in [2.24, 2.45) is 12.5 Å². The van der Waals surface area contributed by atoms with Crippen molar-refractivity contribution in [1.82, 2.24) is 9.88 Å². The molecule has 180 valence electrons. The van der Waals surface area contributed by atoms with E-state index in [0.717, 1.165) is 33.3 Å². The Morgan fingerprint density at radius 3 is 2.31 bits per heavy atom. The average molecular weight is 491 g/mol. The van der Waals surface area contributed by atoms with Gasteiger partial charge in [0, 0.05) is 47.6 Å². The third kappa shape index (κ3) is 5.46. The van der Waals surface area contributed by atoms with Crippen LogP contribution in [0.4, 0.5) is 4.39 Å². The lowest BCUT2D eigenvalue weighted by molar-refractivity contribution is -0.128. The summed E-state index contributed by atoms with van der Waals surface area (Å²) < 4.78 is 15.4. The first-order valence-corrected chi connectivity index (χ1v) is 11.8. The molecule has 4 aromatic rings. The lowest BCUT2D eigenvalue weighted by atomic mass is 9.95. The zero-order valence-corrected chi connectivity index (χ0v) is 21.0.